The maximum atomic E-state index is 12.8. The lowest BCUT2D eigenvalue weighted by Crippen LogP contribution is -2.48. The number of fused-ring (bicyclic) bond motifs is 1. The number of pyridine rings is 2. The molecule has 3 aromatic heterocycles. The second-order valence-electron chi connectivity index (χ2n) is 10.5. The molecule has 1 saturated heterocycles. The summed E-state index contributed by atoms with van der Waals surface area (Å²) < 4.78 is 10.3. The number of anilines is 2. The van der Waals surface area contributed by atoms with Crippen molar-refractivity contribution in [2.75, 3.05) is 45.8 Å². The number of hydrogen-bond acceptors (Lipinski definition) is 9. The molecule has 220 valence electrons. The molecule has 0 aliphatic carbocycles. The third-order valence-electron chi connectivity index (χ3n) is 7.87. The van der Waals surface area contributed by atoms with Gasteiger partial charge in [-0.05, 0) is 86.5 Å². The topological polar surface area (TPSA) is 134 Å². The van der Waals surface area contributed by atoms with Gasteiger partial charge in [-0.2, -0.15) is 0 Å². The van der Waals surface area contributed by atoms with Crippen LogP contribution in [0.5, 0.6) is 5.88 Å². The largest absolute Gasteiger partial charge is 0.480 e. The predicted octanol–water partition coefficient (Wildman–Crippen LogP) is 3.77. The van der Waals surface area contributed by atoms with Crippen LogP contribution in [0.2, 0.25) is 0 Å². The zero-order valence-corrected chi connectivity index (χ0v) is 24.4. The highest BCUT2D eigenvalue weighted by molar-refractivity contribution is 5.95. The van der Waals surface area contributed by atoms with Crippen molar-refractivity contribution in [1.29, 1.82) is 0 Å². The molecule has 5 rings (SSSR count). The molecule has 1 aliphatic heterocycles. The number of piperidine rings is 1. The molecular weight excluding hydrogens is 534 g/mol. The van der Waals surface area contributed by atoms with Gasteiger partial charge in [-0.15, -0.1) is 0 Å². The van der Waals surface area contributed by atoms with Crippen LogP contribution in [0.1, 0.15) is 36.8 Å². The number of nitrogens with one attached hydrogen (secondary N) is 3. The molecule has 0 spiro atoms. The average Bonchev–Trinajstić information content (AvgIpc) is 3.01. The van der Waals surface area contributed by atoms with Crippen LogP contribution in [0.4, 0.5) is 11.5 Å². The highest BCUT2D eigenvalue weighted by Gasteiger charge is 2.28. The summed E-state index contributed by atoms with van der Waals surface area (Å²) in [7, 11) is 3.16. The first kappa shape index (κ1) is 29.2. The number of aryl methyl sites for hydroxylation is 1. The first-order valence-corrected chi connectivity index (χ1v) is 14.1. The summed E-state index contributed by atoms with van der Waals surface area (Å²) in [5, 5.41) is 7.52. The second kappa shape index (κ2) is 13.1. The number of aromatic nitrogens is 4. The number of aromatic amines is 1. The van der Waals surface area contributed by atoms with Crippen LogP contribution in [0, 0.1) is 6.92 Å². The number of ether oxygens (including phenoxy) is 2. The van der Waals surface area contributed by atoms with E-state index in [1.165, 1.54) is 18.9 Å². The van der Waals surface area contributed by atoms with E-state index in [0.717, 1.165) is 42.6 Å². The zero-order valence-electron chi connectivity index (χ0n) is 24.4. The fourth-order valence-corrected chi connectivity index (χ4v) is 5.54. The van der Waals surface area contributed by atoms with Gasteiger partial charge in [0.2, 0.25) is 11.8 Å². The van der Waals surface area contributed by atoms with Crippen LogP contribution in [-0.4, -0.2) is 77.2 Å². The molecule has 0 saturated carbocycles. The normalized spacial score (nSPS) is 15.0. The molecule has 11 nitrogen and oxygen atoms in total. The van der Waals surface area contributed by atoms with E-state index < -0.39 is 0 Å². The molecule has 1 fully saturated rings. The second-order valence-corrected chi connectivity index (χ2v) is 10.5. The van der Waals surface area contributed by atoms with E-state index in [1.807, 2.05) is 25.1 Å². The minimum Gasteiger partial charge on any atom is -0.480 e. The summed E-state index contributed by atoms with van der Waals surface area (Å²) in [4.78, 5) is 43.8. The molecule has 4 heterocycles. The Bertz CT molecular complexity index is 1610. The van der Waals surface area contributed by atoms with Gasteiger partial charge in [0.25, 0.3) is 5.56 Å². The van der Waals surface area contributed by atoms with Crippen molar-refractivity contribution in [2.45, 2.75) is 38.6 Å². The number of methoxy groups -OCH3 is 2. The highest BCUT2D eigenvalue weighted by Crippen LogP contribution is 2.33. The van der Waals surface area contributed by atoms with Gasteiger partial charge in [-0.3, -0.25) is 19.5 Å². The maximum absolute atomic E-state index is 12.8. The molecule has 1 unspecified atom stereocenters. The first-order chi connectivity index (χ1) is 20.4. The molecule has 11 heteroatoms. The van der Waals surface area contributed by atoms with Crippen LogP contribution < -0.4 is 20.9 Å². The first-order valence-electron chi connectivity index (χ1n) is 14.1. The Morgan fingerprint density at radius 2 is 1.93 bits per heavy atom. The summed E-state index contributed by atoms with van der Waals surface area (Å²) in [6, 6.07) is 9.78. The summed E-state index contributed by atoms with van der Waals surface area (Å²) in [6.45, 7) is 6.83. The van der Waals surface area contributed by atoms with Crippen LogP contribution in [0.3, 0.4) is 0 Å². The molecular formula is C31H37N7O4. The van der Waals surface area contributed by atoms with Crippen molar-refractivity contribution < 1.29 is 14.3 Å². The third kappa shape index (κ3) is 6.42. The van der Waals surface area contributed by atoms with Crippen molar-refractivity contribution in [3.8, 4) is 17.3 Å². The Hall–Kier alpha value is -4.35. The summed E-state index contributed by atoms with van der Waals surface area (Å²) in [5.41, 5.74) is 4.18. The van der Waals surface area contributed by atoms with Gasteiger partial charge in [-0.25, -0.2) is 9.97 Å². The van der Waals surface area contributed by atoms with Crippen LogP contribution >= 0.6 is 0 Å². The van der Waals surface area contributed by atoms with Gasteiger partial charge in [0.15, 0.2) is 0 Å². The molecule has 1 aliphatic rings. The Morgan fingerprint density at radius 3 is 2.67 bits per heavy atom. The highest BCUT2D eigenvalue weighted by atomic mass is 16.5. The van der Waals surface area contributed by atoms with E-state index in [9.17, 15) is 9.59 Å². The van der Waals surface area contributed by atoms with Gasteiger partial charge < -0.3 is 25.1 Å². The average molecular weight is 572 g/mol. The van der Waals surface area contributed by atoms with E-state index in [2.05, 4.69) is 49.5 Å². The Labute approximate surface area is 244 Å². The fourth-order valence-electron chi connectivity index (χ4n) is 5.54. The molecule has 4 aromatic rings. The summed E-state index contributed by atoms with van der Waals surface area (Å²) >= 11 is 0. The summed E-state index contributed by atoms with van der Waals surface area (Å²) in [5.74, 6) is 1.27. The number of amides is 1. The van der Waals surface area contributed by atoms with E-state index in [1.54, 1.807) is 19.5 Å². The van der Waals surface area contributed by atoms with E-state index in [-0.39, 0.29) is 17.5 Å². The maximum Gasteiger partial charge on any atom is 0.259 e. The lowest BCUT2D eigenvalue weighted by Gasteiger charge is -2.36. The van der Waals surface area contributed by atoms with Crippen molar-refractivity contribution >= 4 is 28.2 Å². The Kier molecular flexibility index (Phi) is 9.09. The van der Waals surface area contributed by atoms with Crippen LogP contribution in [0.25, 0.3) is 22.2 Å². The summed E-state index contributed by atoms with van der Waals surface area (Å²) in [6.07, 6.45) is 6.73. The molecule has 3 N–H and O–H groups in total. The SMILES string of the molecule is COCCNC(=O)C(C)N1CCC(c2ccc(Nc3nc(-c4cncc(OC)n4)cc4cc[nH]c(=O)c34)cc2C)CC1. The number of benzene rings is 1. The third-order valence-corrected chi connectivity index (χ3v) is 7.87. The van der Waals surface area contributed by atoms with Crippen molar-refractivity contribution in [1.82, 2.24) is 30.2 Å². The smallest absolute Gasteiger partial charge is 0.259 e. The van der Waals surface area contributed by atoms with Gasteiger partial charge in [0.1, 0.15) is 11.5 Å². The minimum atomic E-state index is -0.229. The quantitative estimate of drug-likeness (QED) is 0.243. The predicted molar refractivity (Wildman–Crippen MR) is 162 cm³/mol. The Morgan fingerprint density at radius 1 is 1.12 bits per heavy atom. The number of carbonyl (C=O) groups excluding carboxylic acids is 1. The number of carbonyl (C=O) groups is 1. The minimum absolute atomic E-state index is 0.0413. The Balaban J connectivity index is 1.33. The van der Waals surface area contributed by atoms with Gasteiger partial charge >= 0.3 is 0 Å². The van der Waals surface area contributed by atoms with Crippen molar-refractivity contribution in [2.24, 2.45) is 0 Å². The molecule has 1 atom stereocenters. The van der Waals surface area contributed by atoms with Crippen molar-refractivity contribution in [3.63, 3.8) is 0 Å². The van der Waals surface area contributed by atoms with E-state index in [0.29, 0.717) is 47.5 Å². The lowest BCUT2D eigenvalue weighted by atomic mass is 9.86. The van der Waals surface area contributed by atoms with Gasteiger partial charge in [0.05, 0.1) is 43.2 Å². The van der Waals surface area contributed by atoms with Crippen LogP contribution in [0.15, 0.2) is 53.7 Å². The number of nitrogens with zero attached hydrogens (tertiary/aromatic N) is 4. The zero-order chi connectivity index (χ0) is 29.6. The fraction of sp³-hybridized carbons (Fsp3) is 0.387. The van der Waals surface area contributed by atoms with Crippen molar-refractivity contribution in [3.05, 3.63) is 70.4 Å². The van der Waals surface area contributed by atoms with Gasteiger partial charge in [0, 0.05) is 25.5 Å². The molecule has 42 heavy (non-hydrogen) atoms. The lowest BCUT2D eigenvalue weighted by molar-refractivity contribution is -0.126. The van der Waals surface area contributed by atoms with Gasteiger partial charge in [-0.1, -0.05) is 6.07 Å². The number of likely N-dealkylation sites (tertiary alicyclic amines) is 1. The molecule has 1 aromatic carbocycles. The molecule has 1 amide bonds. The van der Waals surface area contributed by atoms with E-state index in [4.69, 9.17) is 14.5 Å². The number of rotatable bonds is 10. The standard InChI is InChI=1S/C31H37N7O4/c1-19-15-23(5-6-24(19)21-8-12-38(13-9-21)20(2)30(39)34-11-14-41-3)35-29-28-22(7-10-33-31(28)40)16-25(37-29)26-17-32-18-27(36-26)42-4/h5-7,10,15-18,20-21H,8-9,11-14H2,1-4H3,(H,33,40)(H,34,39)(H,35,37). The number of H-pyrrole nitrogens is 1. The molecule has 0 radical (unpaired) electrons. The van der Waals surface area contributed by atoms with E-state index >= 15 is 0 Å². The molecule has 0 bridgehead atoms. The monoisotopic (exact) mass is 571 g/mol. The number of hydrogen-bond donors (Lipinski definition) is 3. The van der Waals surface area contributed by atoms with Crippen LogP contribution in [-0.2, 0) is 9.53 Å².